The molecule has 8 rings (SSSR count). The molecule has 8 aromatic rings. The second kappa shape index (κ2) is 21.0. The van der Waals surface area contributed by atoms with Crippen LogP contribution in [0.1, 0.15) is 75.9 Å². The lowest BCUT2D eigenvalue weighted by Crippen LogP contribution is -2.67. The van der Waals surface area contributed by atoms with E-state index in [-0.39, 0.29) is 17.3 Å². The van der Waals surface area contributed by atoms with Crippen LogP contribution in [0.25, 0.3) is 32.7 Å². The van der Waals surface area contributed by atoms with Gasteiger partial charge >= 0.3 is 12.1 Å². The van der Waals surface area contributed by atoms with Gasteiger partial charge in [-0.25, -0.2) is 9.78 Å². The third-order valence-electron chi connectivity index (χ3n) is 12.8. The van der Waals surface area contributed by atoms with Crippen LogP contribution in [0.5, 0.6) is 0 Å². The van der Waals surface area contributed by atoms with Crippen molar-refractivity contribution in [1.82, 2.24) is 18.9 Å². The summed E-state index contributed by atoms with van der Waals surface area (Å²) in [7, 11) is -1.46. The molecular weight excluding hydrogens is 936 g/mol. The Balaban J connectivity index is 1.24. The monoisotopic (exact) mass is 993 g/mol. The van der Waals surface area contributed by atoms with Crippen molar-refractivity contribution in [3.63, 3.8) is 0 Å². The number of hydrogen-bond donors (Lipinski definition) is 1. The number of hydrogen-bond acceptors (Lipinski definition) is 8. The summed E-state index contributed by atoms with van der Waals surface area (Å²) >= 11 is 1.10. The van der Waals surface area contributed by atoms with E-state index in [1.165, 1.54) is 4.57 Å². The van der Waals surface area contributed by atoms with E-state index in [4.69, 9.17) is 19.1 Å². The molecular formula is C57H58F3N5O4SSi. The van der Waals surface area contributed by atoms with E-state index in [2.05, 4.69) is 68.2 Å². The molecule has 0 fully saturated rings. The van der Waals surface area contributed by atoms with Crippen molar-refractivity contribution in [1.29, 1.82) is 0 Å². The number of alkyl halides is 3. The van der Waals surface area contributed by atoms with E-state index in [1.807, 2.05) is 116 Å². The van der Waals surface area contributed by atoms with Crippen LogP contribution in [0.2, 0.25) is 5.04 Å². The number of carbonyl (C=O) groups is 1. The topological polar surface area (TPSA) is 112 Å². The normalized spacial score (nSPS) is 13.3. The van der Waals surface area contributed by atoms with Gasteiger partial charge in [0.1, 0.15) is 17.4 Å². The number of methoxy groups -OCH3 is 1. The molecule has 0 spiro atoms. The van der Waals surface area contributed by atoms with Crippen molar-refractivity contribution >= 4 is 52.8 Å². The minimum absolute atomic E-state index is 0.0877. The number of ether oxygens (including phenoxy) is 1. The fourth-order valence-corrected chi connectivity index (χ4v) is 15.0. The summed E-state index contributed by atoms with van der Waals surface area (Å²) in [5, 5.41) is 13.5. The molecule has 0 saturated carbocycles. The van der Waals surface area contributed by atoms with Crippen molar-refractivity contribution < 1.29 is 32.2 Å². The van der Waals surface area contributed by atoms with Crippen LogP contribution in [-0.4, -0.2) is 69.9 Å². The molecule has 0 saturated heterocycles. The summed E-state index contributed by atoms with van der Waals surface area (Å²) in [6.45, 7) is 11.7. The van der Waals surface area contributed by atoms with Gasteiger partial charge in [-0.15, -0.1) is 0 Å². The van der Waals surface area contributed by atoms with Crippen LogP contribution in [0.15, 0.2) is 163 Å². The van der Waals surface area contributed by atoms with Crippen molar-refractivity contribution in [2.24, 2.45) is 10.4 Å². The van der Waals surface area contributed by atoms with E-state index in [1.54, 1.807) is 31.5 Å². The fourth-order valence-electron chi connectivity index (χ4n) is 9.51. The maximum absolute atomic E-state index is 15.0. The lowest BCUT2D eigenvalue weighted by atomic mass is 9.84. The second-order valence-electron chi connectivity index (χ2n) is 19.7. The summed E-state index contributed by atoms with van der Waals surface area (Å²) in [4.78, 5) is 27.2. The number of pyridine rings is 1. The van der Waals surface area contributed by atoms with Gasteiger partial charge in [0.05, 0.1) is 23.2 Å². The molecule has 0 amide bonds. The Morgan fingerprint density at radius 2 is 1.38 bits per heavy atom. The van der Waals surface area contributed by atoms with Gasteiger partial charge in [0.2, 0.25) is 0 Å². The van der Waals surface area contributed by atoms with Crippen LogP contribution < -0.4 is 10.4 Å². The van der Waals surface area contributed by atoms with Gasteiger partial charge < -0.3 is 18.8 Å². The average Bonchev–Trinajstić information content (AvgIpc) is 3.94. The molecule has 14 heteroatoms. The molecule has 3 heterocycles. The molecule has 0 aliphatic rings. The third-order valence-corrected chi connectivity index (χ3v) is 18.6. The summed E-state index contributed by atoms with van der Waals surface area (Å²) < 4.78 is 64.1. The number of rotatable bonds is 18. The van der Waals surface area contributed by atoms with Crippen LogP contribution in [0.3, 0.4) is 0 Å². The first-order valence-electron chi connectivity index (χ1n) is 23.6. The zero-order valence-electron chi connectivity index (χ0n) is 40.9. The molecule has 9 nitrogen and oxygen atoms in total. The summed E-state index contributed by atoms with van der Waals surface area (Å²) in [6.07, 6.45) is -3.25. The van der Waals surface area contributed by atoms with Crippen LogP contribution in [-0.2, 0) is 33.3 Å². The second-order valence-corrected chi connectivity index (χ2v) is 24.7. The van der Waals surface area contributed by atoms with Gasteiger partial charge in [-0.05, 0) is 81.6 Å². The van der Waals surface area contributed by atoms with Gasteiger partial charge in [-0.1, -0.05) is 156 Å². The van der Waals surface area contributed by atoms with Crippen LogP contribution >= 0.6 is 11.5 Å². The van der Waals surface area contributed by atoms with Crippen molar-refractivity contribution in [2.45, 2.75) is 84.3 Å². The maximum atomic E-state index is 15.0. The minimum atomic E-state index is -4.58. The van der Waals surface area contributed by atoms with Crippen molar-refractivity contribution in [3.05, 3.63) is 186 Å². The quantitative estimate of drug-likeness (QED) is 0.0673. The number of aliphatic carboxylic acids is 1. The Kier molecular flexibility index (Phi) is 15.0. The van der Waals surface area contributed by atoms with Gasteiger partial charge in [0.25, 0.3) is 8.32 Å². The van der Waals surface area contributed by atoms with E-state index >= 15 is 0 Å². The molecule has 0 bridgehead atoms. The summed E-state index contributed by atoms with van der Waals surface area (Å²) in [6, 6.07) is 47.3. The highest BCUT2D eigenvalue weighted by molar-refractivity contribution is 7.09. The number of carboxylic acid groups (broad SMARTS) is 1. The number of aliphatic imine (C=N–C) groups is 1. The van der Waals surface area contributed by atoms with Crippen LogP contribution in [0.4, 0.5) is 13.2 Å². The van der Waals surface area contributed by atoms with E-state index in [9.17, 15) is 23.1 Å². The maximum Gasteiger partial charge on any atom is 0.406 e. The Labute approximate surface area is 418 Å². The molecule has 3 aromatic heterocycles. The molecule has 2 atom stereocenters. The molecule has 0 aliphatic carbocycles. The Hall–Kier alpha value is -6.58. The highest BCUT2D eigenvalue weighted by Crippen LogP contribution is 2.44. The number of aromatic nitrogens is 4. The minimum Gasteiger partial charge on any atom is -0.480 e. The number of carboxylic acids is 1. The first kappa shape index (κ1) is 50.8. The van der Waals surface area contributed by atoms with Gasteiger partial charge in [0.15, 0.2) is 6.04 Å². The highest BCUT2D eigenvalue weighted by atomic mass is 32.1. The molecule has 1 N–H and O–H groups in total. The fraction of sp³-hybridized carbons (Fsp3) is 0.281. The SMILES string of the molecule is COC(C)c1ncccc1-c1c(CC(C)(C)CO[Si](c2ccccc2)(c2ccccc2)C(C)(C)C)c2cc(-c3nc(CC(N=C(c4ccccc4)c4ccccc4)C(=O)O)ns3)ccc2n1CC(F)(F)F. The van der Waals surface area contributed by atoms with E-state index in [0.717, 1.165) is 33.0 Å². The molecule has 0 aliphatic heterocycles. The van der Waals surface area contributed by atoms with Crippen LogP contribution in [0, 0.1) is 5.41 Å². The highest BCUT2D eigenvalue weighted by Gasteiger charge is 2.51. The van der Waals surface area contributed by atoms with Crippen molar-refractivity contribution in [2.75, 3.05) is 13.7 Å². The van der Waals surface area contributed by atoms with E-state index in [0.29, 0.717) is 62.7 Å². The molecule has 0 radical (unpaired) electrons. The van der Waals surface area contributed by atoms with Crippen molar-refractivity contribution in [3.8, 4) is 21.8 Å². The Morgan fingerprint density at radius 1 is 0.803 bits per heavy atom. The lowest BCUT2D eigenvalue weighted by Gasteiger charge is -2.44. The zero-order chi connectivity index (χ0) is 50.6. The Bertz CT molecular complexity index is 3040. The molecule has 71 heavy (non-hydrogen) atoms. The molecule has 366 valence electrons. The van der Waals surface area contributed by atoms with Gasteiger partial charge in [-0.2, -0.15) is 17.5 Å². The predicted molar refractivity (Wildman–Crippen MR) is 280 cm³/mol. The Morgan fingerprint density at radius 3 is 1.92 bits per heavy atom. The predicted octanol–water partition coefficient (Wildman–Crippen LogP) is 12.2. The smallest absolute Gasteiger partial charge is 0.406 e. The summed E-state index contributed by atoms with van der Waals surface area (Å²) in [5.41, 5.74) is 4.58. The summed E-state index contributed by atoms with van der Waals surface area (Å²) in [5.74, 6) is -0.846. The number of halogens is 3. The standard InChI is InChI=1S/C57H58F3N5O4SSi/c1-38(68-7)50-44(29-20-32-61-50)52-46(35-56(5,6)37-69-71(55(2,3)4,42-25-16-10-17-26-42)43-27-18-11-19-28-43)45-33-41(30-31-48(45)65(52)36-57(58,59)60)53-63-49(64-70-53)34-47(54(66)67)62-51(39-21-12-8-13-22-39)40-23-14-9-15-24-40/h8-33,38,47H,34-37H2,1-7H3,(H,66,67). The zero-order valence-corrected chi connectivity index (χ0v) is 42.8. The number of nitrogens with zero attached hydrogens (tertiary/aromatic N) is 5. The van der Waals surface area contributed by atoms with E-state index < -0.39 is 44.6 Å². The first-order chi connectivity index (χ1) is 33.9. The van der Waals surface area contributed by atoms with Gasteiger partial charge in [0, 0.05) is 59.5 Å². The largest absolute Gasteiger partial charge is 0.480 e. The molecule has 5 aromatic carbocycles. The first-order valence-corrected chi connectivity index (χ1v) is 26.3. The third kappa shape index (κ3) is 11.2. The van der Waals surface area contributed by atoms with Gasteiger partial charge in [-0.3, -0.25) is 9.98 Å². The number of fused-ring (bicyclic) bond motifs is 1. The molecule has 2 unspecified atom stereocenters. The number of benzene rings is 5. The average molecular weight is 994 g/mol. The lowest BCUT2D eigenvalue weighted by molar-refractivity contribution is -0.140.